The molecule has 0 saturated carbocycles. The summed E-state index contributed by atoms with van der Waals surface area (Å²) in [6.45, 7) is 6.70. The summed E-state index contributed by atoms with van der Waals surface area (Å²) in [5, 5.41) is 0. The Bertz CT molecular complexity index is 171. The van der Waals surface area contributed by atoms with Crippen LogP contribution < -0.4 is 0 Å². The number of hydrogen-bond donors (Lipinski definition) is 0. The number of ketones is 1. The van der Waals surface area contributed by atoms with Crippen LogP contribution in [0.4, 0.5) is 0 Å². The molecule has 0 aromatic heterocycles. The van der Waals surface area contributed by atoms with E-state index in [9.17, 15) is 4.79 Å². The van der Waals surface area contributed by atoms with Gasteiger partial charge in [0.1, 0.15) is 5.78 Å². The zero-order chi connectivity index (χ0) is 11.1. The van der Waals surface area contributed by atoms with E-state index < -0.39 is 0 Å². The first-order chi connectivity index (χ1) is 6.49. The third-order valence-electron chi connectivity index (χ3n) is 2.54. The van der Waals surface area contributed by atoms with Crippen LogP contribution in [-0.2, 0) is 4.79 Å². The Balaban J connectivity index is 3.82. The van der Waals surface area contributed by atoms with Gasteiger partial charge >= 0.3 is 0 Å². The van der Waals surface area contributed by atoms with E-state index in [2.05, 4.69) is 18.1 Å². The lowest BCUT2D eigenvalue weighted by Crippen LogP contribution is -2.35. The number of nitrogens with zero attached hydrogens (tertiary/aromatic N) is 1. The van der Waals surface area contributed by atoms with Crippen LogP contribution in [0.25, 0.3) is 0 Å². The van der Waals surface area contributed by atoms with Crippen molar-refractivity contribution in [1.82, 2.24) is 4.90 Å². The molecular weight excluding hydrogens is 194 g/mol. The Morgan fingerprint density at radius 3 is 2.36 bits per heavy atom. The number of thioether (sulfide) groups is 1. The van der Waals surface area contributed by atoms with Crippen LogP contribution >= 0.6 is 11.8 Å². The van der Waals surface area contributed by atoms with Crippen molar-refractivity contribution in [2.45, 2.75) is 33.2 Å². The molecular formula is C11H23NOS. The number of carbonyl (C=O) groups excluding carboxylic acids is 1. The number of hydrogen-bond acceptors (Lipinski definition) is 3. The van der Waals surface area contributed by atoms with Gasteiger partial charge < -0.3 is 0 Å². The maximum Gasteiger partial charge on any atom is 0.149 e. The zero-order valence-electron chi connectivity index (χ0n) is 10.0. The van der Waals surface area contributed by atoms with Crippen molar-refractivity contribution in [2.24, 2.45) is 5.92 Å². The Morgan fingerprint density at radius 1 is 1.36 bits per heavy atom. The van der Waals surface area contributed by atoms with Gasteiger partial charge in [0, 0.05) is 12.0 Å². The quantitative estimate of drug-likeness (QED) is 0.652. The molecule has 1 atom stereocenters. The Hall–Kier alpha value is -0.0200. The molecule has 0 aliphatic rings. The third kappa shape index (κ3) is 5.66. The summed E-state index contributed by atoms with van der Waals surface area (Å²) >= 11 is 1.86. The molecule has 14 heavy (non-hydrogen) atoms. The summed E-state index contributed by atoms with van der Waals surface area (Å²) in [5.41, 5.74) is 0. The number of Topliss-reactive ketones (excluding diaryl/α,β-unsaturated/α-hetero) is 1. The normalized spacial score (nSPS) is 13.6. The van der Waals surface area contributed by atoms with Gasteiger partial charge in [-0.2, -0.15) is 11.8 Å². The topological polar surface area (TPSA) is 20.3 Å². The molecule has 0 bridgehead atoms. The maximum absolute atomic E-state index is 11.5. The lowest BCUT2D eigenvalue weighted by Gasteiger charge is -2.24. The number of likely N-dealkylation sites (N-methyl/N-ethyl adjacent to an activating group) is 1. The molecule has 0 rings (SSSR count). The first kappa shape index (κ1) is 14.0. The average Bonchev–Trinajstić information content (AvgIpc) is 2.13. The van der Waals surface area contributed by atoms with Gasteiger partial charge in [0.15, 0.2) is 0 Å². The monoisotopic (exact) mass is 217 g/mol. The van der Waals surface area contributed by atoms with Crippen molar-refractivity contribution in [3.63, 3.8) is 0 Å². The molecule has 0 aromatic rings. The smallest absolute Gasteiger partial charge is 0.149 e. The largest absolute Gasteiger partial charge is 0.298 e. The van der Waals surface area contributed by atoms with Crippen LogP contribution in [0.5, 0.6) is 0 Å². The predicted molar refractivity (Wildman–Crippen MR) is 64.9 cm³/mol. The second kappa shape index (κ2) is 7.30. The Labute approximate surface area is 92.4 Å². The van der Waals surface area contributed by atoms with Gasteiger partial charge in [-0.3, -0.25) is 9.69 Å². The van der Waals surface area contributed by atoms with Gasteiger partial charge in [-0.15, -0.1) is 0 Å². The van der Waals surface area contributed by atoms with Crippen molar-refractivity contribution < 1.29 is 4.79 Å². The lowest BCUT2D eigenvalue weighted by atomic mass is 10.1. The van der Waals surface area contributed by atoms with Crippen LogP contribution in [-0.4, -0.2) is 42.3 Å². The van der Waals surface area contributed by atoms with E-state index in [0.29, 0.717) is 18.4 Å². The summed E-state index contributed by atoms with van der Waals surface area (Å²) < 4.78 is 0. The van der Waals surface area contributed by atoms with Gasteiger partial charge in [0.25, 0.3) is 0 Å². The van der Waals surface area contributed by atoms with Gasteiger partial charge in [0.2, 0.25) is 0 Å². The number of carbonyl (C=O) groups is 1. The molecule has 0 fully saturated rings. The minimum atomic E-state index is 0.158. The third-order valence-corrected chi connectivity index (χ3v) is 3.19. The molecule has 0 aliphatic carbocycles. The molecule has 0 heterocycles. The molecule has 1 unspecified atom stereocenters. The predicted octanol–water partition coefficient (Wildman–Crippen LogP) is 2.28. The zero-order valence-corrected chi connectivity index (χ0v) is 10.9. The van der Waals surface area contributed by atoms with Crippen molar-refractivity contribution in [3.8, 4) is 0 Å². The summed E-state index contributed by atoms with van der Waals surface area (Å²) in [6, 6.07) is 0.505. The van der Waals surface area contributed by atoms with Crippen molar-refractivity contribution in [1.29, 1.82) is 0 Å². The average molecular weight is 217 g/mol. The first-order valence-electron chi connectivity index (χ1n) is 5.21. The minimum absolute atomic E-state index is 0.158. The second-order valence-electron chi connectivity index (χ2n) is 4.17. The van der Waals surface area contributed by atoms with Crippen LogP contribution in [0.3, 0.4) is 0 Å². The van der Waals surface area contributed by atoms with Gasteiger partial charge in [-0.25, -0.2) is 0 Å². The van der Waals surface area contributed by atoms with Gasteiger partial charge in [-0.1, -0.05) is 13.8 Å². The minimum Gasteiger partial charge on any atom is -0.298 e. The summed E-state index contributed by atoms with van der Waals surface area (Å²) in [7, 11) is 2.03. The maximum atomic E-state index is 11.5. The lowest BCUT2D eigenvalue weighted by molar-refractivity contribution is -0.123. The molecule has 0 spiro atoms. The fourth-order valence-corrected chi connectivity index (χ4v) is 1.67. The molecule has 0 amide bonds. The fraction of sp³-hybridized carbons (Fsp3) is 0.909. The molecule has 0 aromatic carbocycles. The van der Waals surface area contributed by atoms with Crippen molar-refractivity contribution >= 4 is 17.5 Å². The summed E-state index contributed by atoms with van der Waals surface area (Å²) in [4.78, 5) is 13.6. The van der Waals surface area contributed by atoms with Gasteiger partial charge in [0.05, 0.1) is 6.54 Å². The van der Waals surface area contributed by atoms with E-state index in [1.165, 1.54) is 5.75 Å². The van der Waals surface area contributed by atoms with Crippen LogP contribution in [0.15, 0.2) is 0 Å². The van der Waals surface area contributed by atoms with Gasteiger partial charge in [-0.05, 0) is 32.4 Å². The highest BCUT2D eigenvalue weighted by Gasteiger charge is 2.14. The molecule has 0 N–H and O–H groups in total. The molecule has 0 radical (unpaired) electrons. The Kier molecular flexibility index (Phi) is 7.28. The summed E-state index contributed by atoms with van der Waals surface area (Å²) in [6.07, 6.45) is 3.27. The number of rotatable bonds is 7. The Morgan fingerprint density at radius 2 is 1.93 bits per heavy atom. The van der Waals surface area contributed by atoms with E-state index in [1.54, 1.807) is 0 Å². The molecule has 2 nitrogen and oxygen atoms in total. The molecule has 0 saturated heterocycles. The van der Waals surface area contributed by atoms with E-state index in [-0.39, 0.29) is 5.92 Å². The van der Waals surface area contributed by atoms with Crippen LogP contribution in [0.1, 0.15) is 27.2 Å². The van der Waals surface area contributed by atoms with E-state index in [1.807, 2.05) is 32.7 Å². The standard InChI is InChI=1S/C11H23NOS/c1-9(2)11(13)8-12(4)10(3)6-7-14-5/h9-10H,6-8H2,1-5H3. The van der Waals surface area contributed by atoms with E-state index in [4.69, 9.17) is 0 Å². The second-order valence-corrected chi connectivity index (χ2v) is 5.15. The fourth-order valence-electron chi connectivity index (χ4n) is 1.09. The van der Waals surface area contributed by atoms with Crippen LogP contribution in [0, 0.1) is 5.92 Å². The highest BCUT2D eigenvalue weighted by molar-refractivity contribution is 7.98. The van der Waals surface area contributed by atoms with Crippen molar-refractivity contribution in [2.75, 3.05) is 25.6 Å². The van der Waals surface area contributed by atoms with E-state index in [0.717, 1.165) is 6.42 Å². The SMILES string of the molecule is CSCCC(C)N(C)CC(=O)C(C)C. The first-order valence-corrected chi connectivity index (χ1v) is 6.60. The molecule has 0 aliphatic heterocycles. The molecule has 84 valence electrons. The highest BCUT2D eigenvalue weighted by atomic mass is 32.2. The highest BCUT2D eigenvalue weighted by Crippen LogP contribution is 2.07. The summed E-state index contributed by atoms with van der Waals surface area (Å²) in [5.74, 6) is 1.66. The van der Waals surface area contributed by atoms with E-state index >= 15 is 0 Å². The molecule has 3 heteroatoms. The van der Waals surface area contributed by atoms with Crippen molar-refractivity contribution in [3.05, 3.63) is 0 Å². The van der Waals surface area contributed by atoms with Crippen LogP contribution in [0.2, 0.25) is 0 Å².